The normalized spacial score (nSPS) is 13.5. The first-order valence-corrected chi connectivity index (χ1v) is 11.3. The summed E-state index contributed by atoms with van der Waals surface area (Å²) < 4.78 is 0. The maximum absolute atomic E-state index is 12.6. The molecule has 3 atom stereocenters. The Morgan fingerprint density at radius 2 is 1.61 bits per heavy atom. The maximum atomic E-state index is 12.6. The molecule has 12 nitrogen and oxygen atoms in total. The van der Waals surface area contributed by atoms with Crippen molar-refractivity contribution in [2.24, 2.45) is 11.5 Å². The van der Waals surface area contributed by atoms with Crippen LogP contribution in [-0.2, 0) is 24.0 Å². The van der Waals surface area contributed by atoms with Crippen LogP contribution < -0.4 is 27.4 Å². The number of nitrogens with two attached hydrogens (primary N) is 2. The van der Waals surface area contributed by atoms with E-state index in [1.165, 1.54) is 11.8 Å². The zero-order valence-electron chi connectivity index (χ0n) is 17.6. The molecule has 0 aromatic rings. The van der Waals surface area contributed by atoms with E-state index in [4.69, 9.17) is 16.6 Å². The standard InChI is InChI=1S/C18H33N5O7S/c1-31-9-7-13(18(29)30)23-17(28)12(4-2-3-8-19)22-14(24)10-21-16(27)11(20)5-6-15(25)26/h11-13H,2-10,19-20H2,1H3,(H,21,27)(H,22,24)(H,23,28)(H,25,26)(H,29,30). The highest BCUT2D eigenvalue weighted by atomic mass is 32.2. The average molecular weight is 464 g/mol. The summed E-state index contributed by atoms with van der Waals surface area (Å²) in [5.41, 5.74) is 11.0. The number of nitrogens with one attached hydrogen (secondary N) is 3. The Morgan fingerprint density at radius 3 is 2.16 bits per heavy atom. The number of carboxylic acids is 2. The lowest BCUT2D eigenvalue weighted by atomic mass is 10.1. The highest BCUT2D eigenvalue weighted by Gasteiger charge is 2.26. The van der Waals surface area contributed by atoms with E-state index in [-0.39, 0.29) is 25.7 Å². The van der Waals surface area contributed by atoms with E-state index in [1.807, 2.05) is 6.26 Å². The number of thioether (sulfide) groups is 1. The van der Waals surface area contributed by atoms with Gasteiger partial charge < -0.3 is 37.6 Å². The summed E-state index contributed by atoms with van der Waals surface area (Å²) >= 11 is 1.45. The Balaban J connectivity index is 4.83. The highest BCUT2D eigenvalue weighted by Crippen LogP contribution is 2.05. The molecule has 178 valence electrons. The van der Waals surface area contributed by atoms with Gasteiger partial charge >= 0.3 is 11.9 Å². The topological polar surface area (TPSA) is 214 Å². The first-order chi connectivity index (χ1) is 14.6. The van der Waals surface area contributed by atoms with Crippen molar-refractivity contribution in [1.29, 1.82) is 0 Å². The molecule has 13 heteroatoms. The van der Waals surface area contributed by atoms with Crippen LogP contribution in [-0.4, -0.2) is 83.1 Å². The molecular formula is C18H33N5O7S. The molecule has 3 unspecified atom stereocenters. The number of hydrogen-bond acceptors (Lipinski definition) is 8. The zero-order valence-corrected chi connectivity index (χ0v) is 18.4. The molecule has 0 aliphatic carbocycles. The van der Waals surface area contributed by atoms with E-state index in [0.29, 0.717) is 25.1 Å². The Labute approximate surface area is 185 Å². The van der Waals surface area contributed by atoms with Crippen molar-refractivity contribution in [3.8, 4) is 0 Å². The van der Waals surface area contributed by atoms with Gasteiger partial charge in [-0.25, -0.2) is 4.79 Å². The van der Waals surface area contributed by atoms with Gasteiger partial charge in [-0.2, -0.15) is 11.8 Å². The lowest BCUT2D eigenvalue weighted by Gasteiger charge is -2.21. The van der Waals surface area contributed by atoms with Crippen LogP contribution in [0.4, 0.5) is 0 Å². The summed E-state index contributed by atoms with van der Waals surface area (Å²) in [6.07, 6.45) is 3.07. The number of amides is 3. The van der Waals surface area contributed by atoms with Crippen molar-refractivity contribution in [3.63, 3.8) is 0 Å². The van der Waals surface area contributed by atoms with Crippen molar-refractivity contribution in [1.82, 2.24) is 16.0 Å². The van der Waals surface area contributed by atoms with Gasteiger partial charge in [-0.1, -0.05) is 0 Å². The fourth-order valence-corrected chi connectivity index (χ4v) is 2.95. The summed E-state index contributed by atoms with van der Waals surface area (Å²) in [5, 5.41) is 25.1. The second kappa shape index (κ2) is 16.3. The smallest absolute Gasteiger partial charge is 0.326 e. The molecule has 0 rings (SSSR count). The number of carbonyl (C=O) groups is 5. The zero-order chi connectivity index (χ0) is 23.8. The van der Waals surface area contributed by atoms with E-state index in [9.17, 15) is 29.1 Å². The van der Waals surface area contributed by atoms with Crippen LogP contribution in [0.5, 0.6) is 0 Å². The Kier molecular flexibility index (Phi) is 15.1. The van der Waals surface area contributed by atoms with Gasteiger partial charge in [0.15, 0.2) is 0 Å². The minimum Gasteiger partial charge on any atom is -0.481 e. The van der Waals surface area contributed by atoms with Gasteiger partial charge in [0, 0.05) is 6.42 Å². The van der Waals surface area contributed by atoms with Crippen molar-refractivity contribution >= 4 is 41.4 Å². The lowest BCUT2D eigenvalue weighted by Crippen LogP contribution is -2.53. The van der Waals surface area contributed by atoms with Crippen molar-refractivity contribution in [2.45, 2.75) is 56.7 Å². The SMILES string of the molecule is CSCCC(NC(=O)C(CCCCN)NC(=O)CNC(=O)C(N)CCC(=O)O)C(=O)O. The van der Waals surface area contributed by atoms with E-state index in [1.54, 1.807) is 0 Å². The van der Waals surface area contributed by atoms with E-state index in [2.05, 4.69) is 16.0 Å². The number of unbranched alkanes of at least 4 members (excludes halogenated alkanes) is 1. The Hall–Kier alpha value is -2.38. The van der Waals surface area contributed by atoms with Gasteiger partial charge in [0.2, 0.25) is 17.7 Å². The quantitative estimate of drug-likeness (QED) is 0.120. The van der Waals surface area contributed by atoms with Gasteiger partial charge in [-0.3, -0.25) is 19.2 Å². The second-order valence-electron chi connectivity index (χ2n) is 6.84. The minimum atomic E-state index is -1.17. The molecule has 0 saturated carbocycles. The summed E-state index contributed by atoms with van der Waals surface area (Å²) in [7, 11) is 0. The van der Waals surface area contributed by atoms with Crippen LogP contribution in [0.25, 0.3) is 0 Å². The molecule has 0 aromatic carbocycles. The third-order valence-corrected chi connectivity index (χ3v) is 4.90. The summed E-state index contributed by atoms with van der Waals surface area (Å²) in [6.45, 7) is -0.0623. The van der Waals surface area contributed by atoms with Crippen molar-refractivity contribution in [2.75, 3.05) is 25.1 Å². The second-order valence-corrected chi connectivity index (χ2v) is 7.83. The van der Waals surface area contributed by atoms with Crippen LogP contribution in [0.15, 0.2) is 0 Å². The molecule has 0 aromatic heterocycles. The van der Waals surface area contributed by atoms with Crippen LogP contribution >= 0.6 is 11.8 Å². The monoisotopic (exact) mass is 463 g/mol. The molecule has 31 heavy (non-hydrogen) atoms. The van der Waals surface area contributed by atoms with E-state index < -0.39 is 54.3 Å². The van der Waals surface area contributed by atoms with Crippen molar-refractivity contribution in [3.05, 3.63) is 0 Å². The van der Waals surface area contributed by atoms with Crippen LogP contribution in [0.1, 0.15) is 38.5 Å². The average Bonchev–Trinajstić information content (AvgIpc) is 2.71. The fourth-order valence-electron chi connectivity index (χ4n) is 2.48. The van der Waals surface area contributed by atoms with Gasteiger partial charge in [0.1, 0.15) is 12.1 Å². The van der Waals surface area contributed by atoms with Gasteiger partial charge in [-0.05, 0) is 50.7 Å². The Morgan fingerprint density at radius 1 is 0.935 bits per heavy atom. The maximum Gasteiger partial charge on any atom is 0.326 e. The predicted octanol–water partition coefficient (Wildman–Crippen LogP) is -1.77. The third kappa shape index (κ3) is 13.5. The first kappa shape index (κ1) is 28.6. The molecule has 0 saturated heterocycles. The molecule has 0 fully saturated rings. The fraction of sp³-hybridized carbons (Fsp3) is 0.722. The molecular weight excluding hydrogens is 430 g/mol. The van der Waals surface area contributed by atoms with E-state index >= 15 is 0 Å². The molecule has 0 aliphatic heterocycles. The van der Waals surface area contributed by atoms with E-state index in [0.717, 1.165) is 0 Å². The highest BCUT2D eigenvalue weighted by molar-refractivity contribution is 7.98. The first-order valence-electron chi connectivity index (χ1n) is 9.89. The summed E-state index contributed by atoms with van der Waals surface area (Å²) in [6, 6.07) is -3.16. The Bertz CT molecular complexity index is 620. The summed E-state index contributed by atoms with van der Waals surface area (Å²) in [4.78, 5) is 58.5. The summed E-state index contributed by atoms with van der Waals surface area (Å²) in [5.74, 6) is -3.72. The number of rotatable bonds is 17. The molecule has 0 spiro atoms. The van der Waals surface area contributed by atoms with Gasteiger partial charge in [-0.15, -0.1) is 0 Å². The number of hydrogen-bond donors (Lipinski definition) is 7. The lowest BCUT2D eigenvalue weighted by molar-refractivity contribution is -0.142. The third-order valence-electron chi connectivity index (χ3n) is 4.25. The molecule has 0 bridgehead atoms. The molecule has 0 aliphatic rings. The van der Waals surface area contributed by atoms with Crippen molar-refractivity contribution < 1.29 is 34.2 Å². The van der Waals surface area contributed by atoms with Crippen LogP contribution in [0, 0.1) is 0 Å². The molecule has 3 amide bonds. The van der Waals surface area contributed by atoms with Crippen LogP contribution in [0.2, 0.25) is 0 Å². The molecule has 9 N–H and O–H groups in total. The van der Waals surface area contributed by atoms with Gasteiger partial charge in [0.05, 0.1) is 12.6 Å². The largest absolute Gasteiger partial charge is 0.481 e. The predicted molar refractivity (Wildman–Crippen MR) is 115 cm³/mol. The molecule has 0 heterocycles. The number of carbonyl (C=O) groups excluding carboxylic acids is 3. The minimum absolute atomic E-state index is 0.0838. The molecule has 0 radical (unpaired) electrons. The number of aliphatic carboxylic acids is 2. The van der Waals surface area contributed by atoms with Gasteiger partial charge in [0.25, 0.3) is 0 Å². The van der Waals surface area contributed by atoms with Crippen LogP contribution in [0.3, 0.4) is 0 Å². The number of carboxylic acid groups (broad SMARTS) is 2.